The van der Waals surface area contributed by atoms with Crippen molar-refractivity contribution in [1.82, 2.24) is 14.8 Å². The molecule has 1 amide bonds. The summed E-state index contributed by atoms with van der Waals surface area (Å²) in [5, 5.41) is 11.3. The Bertz CT molecular complexity index is 699. The Labute approximate surface area is 132 Å². The molecule has 0 radical (unpaired) electrons. The number of nitrogens with zero attached hydrogens (tertiary/aromatic N) is 3. The van der Waals surface area contributed by atoms with Gasteiger partial charge in [-0.25, -0.2) is 4.79 Å². The zero-order valence-corrected chi connectivity index (χ0v) is 13.3. The average Bonchev–Trinajstić information content (AvgIpc) is 2.84. The lowest BCUT2D eigenvalue weighted by Gasteiger charge is -2.09. The first-order valence-corrected chi connectivity index (χ1v) is 7.47. The van der Waals surface area contributed by atoms with Gasteiger partial charge < -0.3 is 14.6 Å². The van der Waals surface area contributed by atoms with Crippen LogP contribution in [-0.2, 0) is 16.6 Å². The largest absolute Gasteiger partial charge is 0.465 e. The molecule has 0 aliphatic heterocycles. The maximum Gasteiger partial charge on any atom is 0.339 e. The van der Waals surface area contributed by atoms with Crippen LogP contribution in [0.25, 0.3) is 0 Å². The van der Waals surface area contributed by atoms with Gasteiger partial charge in [0.05, 0.1) is 24.1 Å². The normalized spacial score (nSPS) is 10.3. The Morgan fingerprint density at radius 3 is 2.68 bits per heavy atom. The molecule has 7 nitrogen and oxygen atoms in total. The molecule has 2 rings (SSSR count). The zero-order valence-electron chi connectivity index (χ0n) is 12.5. The zero-order chi connectivity index (χ0) is 16.1. The topological polar surface area (TPSA) is 86.1 Å². The van der Waals surface area contributed by atoms with Gasteiger partial charge in [0, 0.05) is 7.05 Å². The monoisotopic (exact) mass is 320 g/mol. The van der Waals surface area contributed by atoms with Crippen molar-refractivity contribution in [2.45, 2.75) is 12.1 Å². The number of hydrogen-bond donors (Lipinski definition) is 1. The van der Waals surface area contributed by atoms with Crippen molar-refractivity contribution in [3.63, 3.8) is 0 Å². The van der Waals surface area contributed by atoms with Gasteiger partial charge in [-0.05, 0) is 19.1 Å². The molecule has 8 heteroatoms. The Hall–Kier alpha value is -2.35. The lowest BCUT2D eigenvalue weighted by Crippen LogP contribution is -2.17. The van der Waals surface area contributed by atoms with E-state index in [4.69, 9.17) is 0 Å². The van der Waals surface area contributed by atoms with E-state index < -0.39 is 5.97 Å². The number of para-hydroxylation sites is 1. The van der Waals surface area contributed by atoms with E-state index in [2.05, 4.69) is 20.3 Å². The van der Waals surface area contributed by atoms with Gasteiger partial charge in [-0.1, -0.05) is 23.9 Å². The number of esters is 1. The molecule has 1 heterocycles. The second-order valence-electron chi connectivity index (χ2n) is 4.46. The van der Waals surface area contributed by atoms with Gasteiger partial charge in [-0.3, -0.25) is 4.79 Å². The van der Waals surface area contributed by atoms with E-state index in [9.17, 15) is 9.59 Å². The number of hydrogen-bond acceptors (Lipinski definition) is 6. The van der Waals surface area contributed by atoms with Gasteiger partial charge in [0.1, 0.15) is 5.82 Å². The third-order valence-electron chi connectivity index (χ3n) is 2.99. The Kier molecular flexibility index (Phi) is 5.16. The lowest BCUT2D eigenvalue weighted by molar-refractivity contribution is -0.113. The number of methoxy groups -OCH3 is 1. The van der Waals surface area contributed by atoms with Gasteiger partial charge in [-0.15, -0.1) is 10.2 Å². The van der Waals surface area contributed by atoms with Crippen LogP contribution in [0.1, 0.15) is 16.2 Å². The highest BCUT2D eigenvalue weighted by molar-refractivity contribution is 7.99. The van der Waals surface area contributed by atoms with Crippen LogP contribution in [-0.4, -0.2) is 39.5 Å². The maximum absolute atomic E-state index is 12.0. The minimum absolute atomic E-state index is 0.168. The minimum Gasteiger partial charge on any atom is -0.465 e. The summed E-state index contributed by atoms with van der Waals surface area (Å²) >= 11 is 1.28. The highest BCUT2D eigenvalue weighted by atomic mass is 32.2. The molecule has 0 aliphatic carbocycles. The van der Waals surface area contributed by atoms with Crippen LogP contribution in [0, 0.1) is 6.92 Å². The molecule has 22 heavy (non-hydrogen) atoms. The Balaban J connectivity index is 2.01. The van der Waals surface area contributed by atoms with Gasteiger partial charge >= 0.3 is 5.97 Å². The molecule has 0 atom stereocenters. The molecule has 1 aromatic carbocycles. The van der Waals surface area contributed by atoms with Gasteiger partial charge in [-0.2, -0.15) is 0 Å². The van der Waals surface area contributed by atoms with Crippen molar-refractivity contribution < 1.29 is 14.3 Å². The molecule has 0 fully saturated rings. The number of aryl methyl sites for hydroxylation is 1. The number of aromatic nitrogens is 3. The molecule has 0 bridgehead atoms. The first-order valence-electron chi connectivity index (χ1n) is 6.49. The first kappa shape index (κ1) is 16.0. The summed E-state index contributed by atoms with van der Waals surface area (Å²) in [4.78, 5) is 23.7. The van der Waals surface area contributed by atoms with Crippen molar-refractivity contribution in [3.05, 3.63) is 35.7 Å². The number of carbonyl (C=O) groups is 2. The van der Waals surface area contributed by atoms with Crippen LogP contribution in [0.15, 0.2) is 29.4 Å². The number of anilines is 1. The molecule has 0 aliphatic rings. The Morgan fingerprint density at radius 2 is 2.05 bits per heavy atom. The second kappa shape index (κ2) is 7.08. The summed E-state index contributed by atoms with van der Waals surface area (Å²) in [7, 11) is 3.13. The summed E-state index contributed by atoms with van der Waals surface area (Å²) in [6.45, 7) is 1.84. The van der Waals surface area contributed by atoms with E-state index in [1.54, 1.807) is 28.8 Å². The van der Waals surface area contributed by atoms with Crippen LogP contribution in [0.4, 0.5) is 5.69 Å². The third-order valence-corrected chi connectivity index (χ3v) is 4.01. The van der Waals surface area contributed by atoms with E-state index in [1.807, 2.05) is 14.0 Å². The number of benzene rings is 1. The molecule has 0 spiro atoms. The van der Waals surface area contributed by atoms with Crippen molar-refractivity contribution in [3.8, 4) is 0 Å². The molecule has 1 aromatic heterocycles. The van der Waals surface area contributed by atoms with E-state index in [0.717, 1.165) is 5.82 Å². The third kappa shape index (κ3) is 3.64. The molecular formula is C14H16N4O3S. The number of amides is 1. The van der Waals surface area contributed by atoms with E-state index in [-0.39, 0.29) is 11.7 Å². The number of ether oxygens (including phenoxy) is 1. The molecular weight excluding hydrogens is 304 g/mol. The number of carbonyl (C=O) groups excluding carboxylic acids is 2. The molecule has 0 saturated heterocycles. The number of nitrogens with one attached hydrogen (secondary N) is 1. The van der Waals surface area contributed by atoms with Crippen LogP contribution in [0.2, 0.25) is 0 Å². The van der Waals surface area contributed by atoms with Crippen molar-refractivity contribution in [1.29, 1.82) is 0 Å². The van der Waals surface area contributed by atoms with Crippen LogP contribution in [0.3, 0.4) is 0 Å². The van der Waals surface area contributed by atoms with Gasteiger partial charge in [0.2, 0.25) is 5.91 Å². The predicted octanol–water partition coefficient (Wildman–Crippen LogP) is 1.64. The van der Waals surface area contributed by atoms with Crippen LogP contribution < -0.4 is 5.32 Å². The molecule has 0 saturated carbocycles. The van der Waals surface area contributed by atoms with Crippen LogP contribution >= 0.6 is 11.8 Å². The molecule has 116 valence electrons. The predicted molar refractivity (Wildman–Crippen MR) is 82.9 cm³/mol. The molecule has 2 aromatic rings. The smallest absolute Gasteiger partial charge is 0.339 e. The van der Waals surface area contributed by atoms with Gasteiger partial charge in [0.15, 0.2) is 5.16 Å². The first-order chi connectivity index (χ1) is 10.5. The van der Waals surface area contributed by atoms with Crippen molar-refractivity contribution in [2.75, 3.05) is 18.2 Å². The summed E-state index contributed by atoms with van der Waals surface area (Å²) in [5.74, 6) is 0.218. The quantitative estimate of drug-likeness (QED) is 0.666. The number of thioether (sulfide) groups is 1. The van der Waals surface area contributed by atoms with Gasteiger partial charge in [0.25, 0.3) is 0 Å². The van der Waals surface area contributed by atoms with E-state index in [0.29, 0.717) is 16.4 Å². The van der Waals surface area contributed by atoms with Crippen molar-refractivity contribution in [2.24, 2.45) is 7.05 Å². The summed E-state index contributed by atoms with van der Waals surface area (Å²) in [6, 6.07) is 6.70. The fraction of sp³-hybridized carbons (Fsp3) is 0.286. The molecule has 1 N–H and O–H groups in total. The number of rotatable bonds is 5. The average molecular weight is 320 g/mol. The SMILES string of the molecule is COC(=O)c1ccccc1NC(=O)CSc1nnc(C)n1C. The standard InChI is InChI=1S/C14H16N4O3S/c1-9-16-17-14(18(9)2)22-8-12(19)15-11-7-5-4-6-10(11)13(20)21-3/h4-7H,8H2,1-3H3,(H,15,19). The second-order valence-corrected chi connectivity index (χ2v) is 5.41. The van der Waals surface area contributed by atoms with Crippen LogP contribution in [0.5, 0.6) is 0 Å². The molecule has 0 unspecified atom stereocenters. The fourth-order valence-electron chi connectivity index (χ4n) is 1.71. The lowest BCUT2D eigenvalue weighted by atomic mass is 10.2. The summed E-state index contributed by atoms with van der Waals surface area (Å²) < 4.78 is 6.50. The maximum atomic E-state index is 12.0. The fourth-order valence-corrected chi connectivity index (χ4v) is 2.47. The van der Waals surface area contributed by atoms with E-state index >= 15 is 0 Å². The van der Waals surface area contributed by atoms with E-state index in [1.165, 1.54) is 18.9 Å². The highest BCUT2D eigenvalue weighted by Gasteiger charge is 2.14. The summed E-state index contributed by atoms with van der Waals surface area (Å²) in [6.07, 6.45) is 0. The highest BCUT2D eigenvalue weighted by Crippen LogP contribution is 2.18. The summed E-state index contributed by atoms with van der Waals surface area (Å²) in [5.41, 5.74) is 0.743. The minimum atomic E-state index is -0.493. The Morgan fingerprint density at radius 1 is 1.32 bits per heavy atom. The van der Waals surface area contributed by atoms with Crippen molar-refractivity contribution >= 4 is 29.3 Å².